The maximum atomic E-state index is 11.6. The Morgan fingerprint density at radius 1 is 1.07 bits per heavy atom. The van der Waals surface area contributed by atoms with Crippen LogP contribution in [-0.2, 0) is 9.63 Å². The average molecular weight is 560 g/mol. The molecule has 41 heavy (non-hydrogen) atoms. The second kappa shape index (κ2) is 11.9. The minimum absolute atomic E-state index is 0.0457. The monoisotopic (exact) mass is 559 g/mol. The number of hydrogen-bond donors (Lipinski definition) is 1. The van der Waals surface area contributed by atoms with Crippen LogP contribution in [0.2, 0.25) is 0 Å². The molecular weight excluding hydrogens is 506 g/mol. The van der Waals surface area contributed by atoms with Crippen molar-refractivity contribution in [1.29, 1.82) is 0 Å². The lowest BCUT2D eigenvalue weighted by Crippen LogP contribution is -2.44. The maximum Gasteiger partial charge on any atom is 0.309 e. The zero-order valence-corrected chi connectivity index (χ0v) is 25.9. The number of carbonyl (C=O) groups is 1. The van der Waals surface area contributed by atoms with Gasteiger partial charge in [-0.3, -0.25) is 4.79 Å². The van der Waals surface area contributed by atoms with Crippen LogP contribution in [0.4, 0.5) is 0 Å². The number of hydrogen-bond acceptors (Lipinski definition) is 3. The maximum absolute atomic E-state index is 11.6. The molecule has 224 valence electrons. The average Bonchev–Trinajstić information content (AvgIpc) is 3.67. The molecule has 5 aliphatic carbocycles. The third kappa shape index (κ3) is 6.47. The third-order valence-corrected chi connectivity index (χ3v) is 11.3. The van der Waals surface area contributed by atoms with E-state index in [1.54, 1.807) is 22.3 Å². The molecule has 0 aromatic carbocycles. The van der Waals surface area contributed by atoms with Gasteiger partial charge in [0.1, 0.15) is 5.60 Å². The van der Waals surface area contributed by atoms with Crippen molar-refractivity contribution in [2.75, 3.05) is 0 Å². The molecule has 0 radical (unpaired) electrons. The van der Waals surface area contributed by atoms with E-state index in [4.69, 9.17) is 4.84 Å². The normalized spacial score (nSPS) is 37.5. The molecule has 3 fully saturated rings. The lowest BCUT2D eigenvalue weighted by Gasteiger charge is -2.44. The predicted octanol–water partition coefficient (Wildman–Crippen LogP) is 9.73. The number of nitrogens with zero attached hydrogens (tertiary/aromatic N) is 1. The molecule has 0 aromatic heterocycles. The van der Waals surface area contributed by atoms with E-state index in [9.17, 15) is 9.90 Å². The Hall–Kier alpha value is -2.10. The van der Waals surface area contributed by atoms with Crippen molar-refractivity contribution in [3.63, 3.8) is 0 Å². The first-order valence-electron chi connectivity index (χ1n) is 17.0. The van der Waals surface area contributed by atoms with Gasteiger partial charge in [0.15, 0.2) is 0 Å². The first kappa shape index (κ1) is 29.0. The smallest absolute Gasteiger partial charge is 0.309 e. The molecule has 6 rings (SSSR count). The van der Waals surface area contributed by atoms with E-state index in [2.05, 4.69) is 43.3 Å². The van der Waals surface area contributed by atoms with Crippen molar-refractivity contribution in [2.24, 2.45) is 40.2 Å². The summed E-state index contributed by atoms with van der Waals surface area (Å²) in [5, 5.41) is 14.1. The second-order valence-corrected chi connectivity index (χ2v) is 15.2. The Labute approximate surface area is 248 Å². The summed E-state index contributed by atoms with van der Waals surface area (Å²) in [4.78, 5) is 17.7. The molecule has 2 unspecified atom stereocenters. The number of allylic oxidation sites excluding steroid dienone is 8. The molecule has 0 saturated heterocycles. The van der Waals surface area contributed by atoms with Crippen molar-refractivity contribution >= 4 is 11.7 Å². The van der Waals surface area contributed by atoms with E-state index in [1.807, 2.05) is 6.92 Å². The molecule has 3 saturated carbocycles. The molecule has 0 bridgehead atoms. The van der Waals surface area contributed by atoms with Gasteiger partial charge in [0.05, 0.1) is 11.1 Å². The van der Waals surface area contributed by atoms with E-state index >= 15 is 0 Å². The highest BCUT2D eigenvalue weighted by atomic mass is 16.7. The zero-order chi connectivity index (χ0) is 28.6. The quantitative estimate of drug-likeness (QED) is 0.286. The van der Waals surface area contributed by atoms with Gasteiger partial charge in [-0.2, -0.15) is 0 Å². The Bertz CT molecular complexity index is 1150. The topological polar surface area (TPSA) is 58.9 Å². The van der Waals surface area contributed by atoms with Crippen molar-refractivity contribution in [3.05, 3.63) is 46.6 Å². The van der Waals surface area contributed by atoms with E-state index < -0.39 is 11.4 Å². The summed E-state index contributed by atoms with van der Waals surface area (Å²) in [6.07, 6.45) is 29.3. The summed E-state index contributed by atoms with van der Waals surface area (Å²) in [6, 6.07) is 0. The summed E-state index contributed by atoms with van der Waals surface area (Å²) < 4.78 is 0. The van der Waals surface area contributed by atoms with Crippen LogP contribution in [0.1, 0.15) is 130 Å². The van der Waals surface area contributed by atoms with E-state index in [0.29, 0.717) is 17.8 Å². The van der Waals surface area contributed by atoms with Crippen molar-refractivity contribution in [3.8, 4) is 0 Å². The van der Waals surface area contributed by atoms with Crippen LogP contribution in [0.15, 0.2) is 51.8 Å². The number of carboxylic acid groups (broad SMARTS) is 1. The summed E-state index contributed by atoms with van der Waals surface area (Å²) in [5.74, 6) is 2.78. The van der Waals surface area contributed by atoms with Crippen molar-refractivity contribution in [2.45, 2.75) is 136 Å². The molecule has 4 nitrogen and oxygen atoms in total. The van der Waals surface area contributed by atoms with Gasteiger partial charge in [-0.25, -0.2) is 0 Å². The van der Waals surface area contributed by atoms with Gasteiger partial charge in [-0.1, -0.05) is 55.3 Å². The predicted molar refractivity (Wildman–Crippen MR) is 167 cm³/mol. The standard InChI is InChI=1S/C37H53NO3/c1-4-8-30-19-27(21-33(29-11-12-29)34(30)31-10-7-5-6-9-25(2)17-31)18-28-22-37(23-28)24-32(38-41-37)20-26-13-15-36(3,16-14-26)35(39)40/h6,9-10,21,25-26,28-30H,4-5,7-8,11-20,22-24H2,1-3H3,(H,39,40). The highest BCUT2D eigenvalue weighted by Gasteiger charge is 2.51. The Morgan fingerprint density at radius 3 is 2.56 bits per heavy atom. The molecule has 0 aromatic rings. The molecule has 0 amide bonds. The number of rotatable bonds is 9. The van der Waals surface area contributed by atoms with Crippen LogP contribution >= 0.6 is 0 Å². The Morgan fingerprint density at radius 2 is 1.85 bits per heavy atom. The van der Waals surface area contributed by atoms with Gasteiger partial charge < -0.3 is 9.94 Å². The molecule has 1 spiro atoms. The van der Waals surface area contributed by atoms with Crippen molar-refractivity contribution < 1.29 is 14.7 Å². The largest absolute Gasteiger partial charge is 0.481 e. The van der Waals surface area contributed by atoms with Crippen LogP contribution in [0, 0.1) is 35.0 Å². The summed E-state index contributed by atoms with van der Waals surface area (Å²) >= 11 is 0. The fourth-order valence-electron chi connectivity index (χ4n) is 8.83. The van der Waals surface area contributed by atoms with Gasteiger partial charge in [0, 0.05) is 6.42 Å². The lowest BCUT2D eigenvalue weighted by atomic mass is 9.64. The third-order valence-electron chi connectivity index (χ3n) is 11.3. The molecule has 2 atom stereocenters. The van der Waals surface area contributed by atoms with Crippen LogP contribution in [0.3, 0.4) is 0 Å². The lowest BCUT2D eigenvalue weighted by molar-refractivity contribution is -0.150. The van der Waals surface area contributed by atoms with Crippen LogP contribution in [0.25, 0.3) is 0 Å². The molecular formula is C37H53NO3. The molecule has 1 N–H and O–H groups in total. The van der Waals surface area contributed by atoms with Gasteiger partial charge in [-0.05, 0) is 150 Å². The van der Waals surface area contributed by atoms with Crippen LogP contribution in [0.5, 0.6) is 0 Å². The van der Waals surface area contributed by atoms with E-state index in [-0.39, 0.29) is 5.60 Å². The van der Waals surface area contributed by atoms with Gasteiger partial charge >= 0.3 is 5.97 Å². The summed E-state index contributed by atoms with van der Waals surface area (Å²) in [7, 11) is 0. The highest BCUT2D eigenvalue weighted by Crippen LogP contribution is 2.53. The zero-order valence-electron chi connectivity index (χ0n) is 25.9. The minimum Gasteiger partial charge on any atom is -0.481 e. The first-order chi connectivity index (χ1) is 19.8. The SMILES string of the molecule is CCCC1CC(CC2CC3(CC(CC4CCC(C)(C(=O)O)CC4)=NO3)C2)=CC(C2CC2)=C1C1=CCCC=CC(C)C1. The molecule has 6 aliphatic rings. The van der Waals surface area contributed by atoms with Crippen LogP contribution in [-0.4, -0.2) is 22.4 Å². The Kier molecular flexibility index (Phi) is 8.40. The number of aliphatic carboxylic acids is 1. The Balaban J connectivity index is 1.07. The molecule has 1 heterocycles. The van der Waals surface area contributed by atoms with E-state index in [1.165, 1.54) is 63.5 Å². The van der Waals surface area contributed by atoms with Gasteiger partial charge in [0.25, 0.3) is 0 Å². The highest BCUT2D eigenvalue weighted by molar-refractivity contribution is 5.86. The summed E-state index contributed by atoms with van der Waals surface area (Å²) in [6.45, 7) is 6.67. The molecule has 4 heteroatoms. The van der Waals surface area contributed by atoms with Gasteiger partial charge in [0.2, 0.25) is 0 Å². The minimum atomic E-state index is -0.633. The fourth-order valence-corrected chi connectivity index (χ4v) is 8.83. The number of carboxylic acids is 1. The van der Waals surface area contributed by atoms with Crippen LogP contribution < -0.4 is 0 Å². The number of oxime groups is 1. The first-order valence-corrected chi connectivity index (χ1v) is 17.0. The van der Waals surface area contributed by atoms with E-state index in [0.717, 1.165) is 63.2 Å². The molecule has 1 aliphatic heterocycles. The van der Waals surface area contributed by atoms with Crippen molar-refractivity contribution in [1.82, 2.24) is 0 Å². The summed E-state index contributed by atoms with van der Waals surface area (Å²) in [5.41, 5.74) is 7.51. The van der Waals surface area contributed by atoms with Gasteiger partial charge in [-0.15, -0.1) is 0 Å². The second-order valence-electron chi connectivity index (χ2n) is 15.2. The fraction of sp³-hybridized carbons (Fsp3) is 0.730.